The molecule has 182 valence electrons. The van der Waals surface area contributed by atoms with E-state index < -0.39 is 8.32 Å². The van der Waals surface area contributed by atoms with Crippen molar-refractivity contribution in [1.29, 1.82) is 5.26 Å². The van der Waals surface area contributed by atoms with Gasteiger partial charge in [0, 0.05) is 36.1 Å². The van der Waals surface area contributed by atoms with Gasteiger partial charge in [-0.05, 0) is 71.8 Å². The van der Waals surface area contributed by atoms with Crippen LogP contribution in [0.15, 0.2) is 42.9 Å². The van der Waals surface area contributed by atoms with Gasteiger partial charge in [0.15, 0.2) is 8.32 Å². The van der Waals surface area contributed by atoms with Crippen molar-refractivity contribution in [2.75, 3.05) is 11.9 Å². The van der Waals surface area contributed by atoms with Gasteiger partial charge in [0.25, 0.3) is 0 Å². The van der Waals surface area contributed by atoms with Gasteiger partial charge < -0.3 is 9.74 Å². The second-order valence-corrected chi connectivity index (χ2v) is 15.9. The van der Waals surface area contributed by atoms with E-state index >= 15 is 0 Å². The van der Waals surface area contributed by atoms with Crippen LogP contribution in [0.3, 0.4) is 0 Å². The van der Waals surface area contributed by atoms with Gasteiger partial charge in [-0.2, -0.15) is 5.26 Å². The highest BCUT2D eigenvalue weighted by Crippen LogP contribution is 2.39. The number of carbonyl (C=O) groups excluding carboxylic acids is 1. The Labute approximate surface area is 212 Å². The van der Waals surface area contributed by atoms with Gasteiger partial charge in [0.1, 0.15) is 5.82 Å². The predicted molar refractivity (Wildman–Crippen MR) is 143 cm³/mol. The van der Waals surface area contributed by atoms with E-state index in [0.29, 0.717) is 23.9 Å². The summed E-state index contributed by atoms with van der Waals surface area (Å²) in [5.41, 5.74) is 3.11. The fourth-order valence-corrected chi connectivity index (χ4v) is 5.14. The van der Waals surface area contributed by atoms with Gasteiger partial charge in [-0.25, -0.2) is 4.98 Å². The summed E-state index contributed by atoms with van der Waals surface area (Å²) in [5.74, 6) is -0.157. The molecular weight excluding hydrogens is 476 g/mol. The maximum atomic E-state index is 12.4. The fourth-order valence-electron chi connectivity index (χ4n) is 3.82. The lowest BCUT2D eigenvalue weighted by molar-refractivity contribution is -0.117. The van der Waals surface area contributed by atoms with Crippen LogP contribution in [0.25, 0.3) is 21.9 Å². The van der Waals surface area contributed by atoms with Crippen molar-refractivity contribution in [2.24, 2.45) is 11.8 Å². The Morgan fingerprint density at radius 3 is 2.74 bits per heavy atom. The zero-order chi connectivity index (χ0) is 25.4. The molecule has 1 saturated carbocycles. The summed E-state index contributed by atoms with van der Waals surface area (Å²) < 4.78 is 6.40. The molecule has 0 saturated heterocycles. The van der Waals surface area contributed by atoms with E-state index in [1.807, 2.05) is 30.5 Å². The number of hydrogen-bond acceptors (Lipinski definition) is 5. The number of rotatable bonds is 7. The second-order valence-electron chi connectivity index (χ2n) is 10.7. The molecule has 0 aliphatic heterocycles. The molecule has 3 aromatic rings. The van der Waals surface area contributed by atoms with Gasteiger partial charge >= 0.3 is 0 Å². The lowest BCUT2D eigenvalue weighted by Crippen LogP contribution is -2.41. The summed E-state index contributed by atoms with van der Waals surface area (Å²) in [6, 6.07) is 9.97. The number of nitrogens with zero attached hydrogens (tertiary/aromatic N) is 3. The summed E-state index contributed by atoms with van der Waals surface area (Å²) >= 11 is 6.63. The number of halogens is 1. The van der Waals surface area contributed by atoms with E-state index in [2.05, 4.69) is 55.2 Å². The number of pyridine rings is 2. The normalized spacial score (nSPS) is 17.7. The van der Waals surface area contributed by atoms with Crippen LogP contribution in [-0.4, -0.2) is 30.8 Å². The summed E-state index contributed by atoms with van der Waals surface area (Å²) in [6.45, 7) is 11.9. The first-order valence-corrected chi connectivity index (χ1v) is 15.2. The number of amides is 1. The SMILES string of the molecule is CC(C)(C)[Si](C)(C)OCCc1ccncc1-c1cc(Cl)c2cnc(NC(=O)[C@@H]3C[C@H]3C#N)cc2c1. The number of carbonyl (C=O) groups is 1. The number of nitrogens with one attached hydrogen (secondary N) is 1. The second kappa shape index (κ2) is 9.69. The number of aromatic nitrogens is 2. The maximum Gasteiger partial charge on any atom is 0.230 e. The largest absolute Gasteiger partial charge is 0.416 e. The highest BCUT2D eigenvalue weighted by Gasteiger charge is 2.43. The van der Waals surface area contributed by atoms with Gasteiger partial charge in [-0.3, -0.25) is 9.78 Å². The van der Waals surface area contributed by atoms with Gasteiger partial charge in [-0.15, -0.1) is 0 Å². The quantitative estimate of drug-likeness (QED) is 0.364. The van der Waals surface area contributed by atoms with Crippen molar-refractivity contribution in [2.45, 2.75) is 51.7 Å². The number of hydrogen-bond donors (Lipinski definition) is 1. The Morgan fingerprint density at radius 1 is 1.29 bits per heavy atom. The first kappa shape index (κ1) is 25.3. The molecule has 0 unspecified atom stereocenters. The minimum atomic E-state index is -1.83. The molecule has 2 atom stereocenters. The summed E-state index contributed by atoms with van der Waals surface area (Å²) in [6.07, 6.45) is 6.72. The first-order valence-electron chi connectivity index (χ1n) is 11.9. The van der Waals surface area contributed by atoms with Crippen LogP contribution in [-0.2, 0) is 15.6 Å². The zero-order valence-corrected chi connectivity index (χ0v) is 22.6. The smallest absolute Gasteiger partial charge is 0.230 e. The minimum absolute atomic E-state index is 0.163. The average Bonchev–Trinajstić information content (AvgIpc) is 3.58. The molecule has 2 heterocycles. The third kappa shape index (κ3) is 5.56. The molecular formula is C27H31ClN4O2Si. The van der Waals surface area contributed by atoms with E-state index in [0.717, 1.165) is 33.9 Å². The highest BCUT2D eigenvalue weighted by atomic mass is 35.5. The van der Waals surface area contributed by atoms with Crippen molar-refractivity contribution in [3.8, 4) is 17.2 Å². The molecule has 2 aromatic heterocycles. The summed E-state index contributed by atoms with van der Waals surface area (Å²) in [5, 5.41) is 14.2. The third-order valence-corrected chi connectivity index (χ3v) is 12.0. The topological polar surface area (TPSA) is 87.9 Å². The molecule has 1 fully saturated rings. The lowest BCUT2D eigenvalue weighted by atomic mass is 9.98. The van der Waals surface area contributed by atoms with E-state index in [1.165, 1.54) is 0 Å². The van der Waals surface area contributed by atoms with Crippen LogP contribution < -0.4 is 5.32 Å². The number of anilines is 1. The molecule has 0 radical (unpaired) electrons. The van der Waals surface area contributed by atoms with Gasteiger partial charge in [0.2, 0.25) is 5.91 Å². The van der Waals surface area contributed by atoms with Gasteiger partial charge in [0.05, 0.1) is 22.9 Å². The molecule has 1 amide bonds. The van der Waals surface area contributed by atoms with E-state index in [1.54, 1.807) is 12.4 Å². The first-order chi connectivity index (χ1) is 16.5. The molecule has 0 bridgehead atoms. The molecule has 1 aliphatic rings. The Bertz CT molecular complexity index is 1310. The van der Waals surface area contributed by atoms with Crippen molar-refractivity contribution in [1.82, 2.24) is 9.97 Å². The zero-order valence-electron chi connectivity index (χ0n) is 20.9. The lowest BCUT2D eigenvalue weighted by Gasteiger charge is -2.36. The van der Waals surface area contributed by atoms with Crippen molar-refractivity contribution in [3.63, 3.8) is 0 Å². The maximum absolute atomic E-state index is 12.4. The molecule has 0 spiro atoms. The van der Waals surface area contributed by atoms with Gasteiger partial charge in [-0.1, -0.05) is 32.4 Å². The van der Waals surface area contributed by atoms with Crippen LogP contribution in [0.5, 0.6) is 0 Å². The number of nitriles is 1. The Balaban J connectivity index is 1.58. The summed E-state index contributed by atoms with van der Waals surface area (Å²) in [7, 11) is -1.83. The van der Waals surface area contributed by atoms with Crippen molar-refractivity contribution < 1.29 is 9.22 Å². The Hall–Kier alpha value is -2.79. The Morgan fingerprint density at radius 2 is 2.06 bits per heavy atom. The minimum Gasteiger partial charge on any atom is -0.416 e. The summed E-state index contributed by atoms with van der Waals surface area (Å²) in [4.78, 5) is 21.1. The van der Waals surface area contributed by atoms with E-state index in [9.17, 15) is 4.79 Å². The molecule has 6 nitrogen and oxygen atoms in total. The third-order valence-electron chi connectivity index (χ3n) is 7.19. The Kier molecular flexibility index (Phi) is 7.01. The molecule has 35 heavy (non-hydrogen) atoms. The highest BCUT2D eigenvalue weighted by molar-refractivity contribution is 6.74. The monoisotopic (exact) mass is 506 g/mol. The molecule has 1 N–H and O–H groups in total. The molecule has 8 heteroatoms. The standard InChI is InChI=1S/C27H31ClN4O2Si/c1-27(2,3)35(4,5)34-9-7-17-6-8-30-15-22(17)18-10-19-13-25(31-16-23(19)24(28)12-18)32-26(33)21-11-20(21)14-29/h6,8,10,12-13,15-16,20-21H,7,9,11H2,1-5H3,(H,31,32,33)/t20-,21+/m0/s1. The van der Waals surface area contributed by atoms with Crippen LogP contribution in [0.2, 0.25) is 23.2 Å². The molecule has 1 aliphatic carbocycles. The van der Waals surface area contributed by atoms with E-state index in [-0.39, 0.29) is 22.8 Å². The fraction of sp³-hybridized carbons (Fsp3) is 0.407. The predicted octanol–water partition coefficient (Wildman–Crippen LogP) is 6.61. The van der Waals surface area contributed by atoms with Crippen LogP contribution in [0, 0.1) is 23.2 Å². The molecule has 1 aromatic carbocycles. The average molecular weight is 507 g/mol. The number of fused-ring (bicyclic) bond motifs is 1. The van der Waals surface area contributed by atoms with Crippen LogP contribution in [0.1, 0.15) is 32.8 Å². The van der Waals surface area contributed by atoms with Crippen molar-refractivity contribution >= 4 is 42.4 Å². The molecule has 4 rings (SSSR count). The number of benzene rings is 1. The van der Waals surface area contributed by atoms with Crippen LogP contribution in [0.4, 0.5) is 5.82 Å². The van der Waals surface area contributed by atoms with Crippen molar-refractivity contribution in [3.05, 3.63) is 53.4 Å². The van der Waals surface area contributed by atoms with Crippen LogP contribution >= 0.6 is 11.6 Å². The van der Waals surface area contributed by atoms with E-state index in [4.69, 9.17) is 21.3 Å².